The summed E-state index contributed by atoms with van der Waals surface area (Å²) in [7, 11) is 0. The van der Waals surface area contributed by atoms with E-state index in [1.54, 1.807) is 6.26 Å². The van der Waals surface area contributed by atoms with Crippen molar-refractivity contribution in [1.29, 1.82) is 0 Å². The molecule has 3 heteroatoms. The second kappa shape index (κ2) is 3.17. The van der Waals surface area contributed by atoms with Crippen molar-refractivity contribution in [2.75, 3.05) is 5.32 Å². The van der Waals surface area contributed by atoms with Crippen LogP contribution in [-0.4, -0.2) is 11.0 Å². The van der Waals surface area contributed by atoms with Gasteiger partial charge in [-0.15, -0.1) is 0 Å². The number of hydrogen-bond donors (Lipinski definition) is 1. The summed E-state index contributed by atoms with van der Waals surface area (Å²) in [6.07, 6.45) is 6.84. The number of nitrogens with zero attached hydrogens (tertiary/aromatic N) is 1. The lowest BCUT2D eigenvalue weighted by Gasteiger charge is -2.07. The molecule has 1 aliphatic rings. The zero-order valence-electron chi connectivity index (χ0n) is 7.34. The normalized spacial score (nSPS) is 18.4. The van der Waals surface area contributed by atoms with Gasteiger partial charge >= 0.3 is 0 Å². The highest BCUT2D eigenvalue weighted by molar-refractivity contribution is 5.22. The van der Waals surface area contributed by atoms with E-state index in [-0.39, 0.29) is 0 Å². The van der Waals surface area contributed by atoms with Crippen LogP contribution in [0.3, 0.4) is 0 Å². The molecular weight excluding hydrogens is 152 g/mol. The Bertz CT molecular complexity index is 251. The Morgan fingerprint density at radius 2 is 2.25 bits per heavy atom. The van der Waals surface area contributed by atoms with Gasteiger partial charge in [-0.05, 0) is 19.8 Å². The molecule has 0 unspecified atom stereocenters. The molecule has 2 rings (SSSR count). The molecule has 0 aliphatic heterocycles. The highest BCUT2D eigenvalue weighted by atomic mass is 16.4. The molecule has 0 atom stereocenters. The standard InChI is InChI=1S/C9H14N2O/c1-7-6-12-9(10-7)11-8-4-2-3-5-8/h6,8H,2-5H2,1H3,(H,10,11). The molecule has 0 aromatic carbocycles. The van der Waals surface area contributed by atoms with Crippen LogP contribution in [0.4, 0.5) is 6.01 Å². The quantitative estimate of drug-likeness (QED) is 0.732. The molecule has 12 heavy (non-hydrogen) atoms. The number of nitrogens with one attached hydrogen (secondary N) is 1. The highest BCUT2D eigenvalue weighted by Gasteiger charge is 2.15. The smallest absolute Gasteiger partial charge is 0.294 e. The molecule has 1 N–H and O–H groups in total. The summed E-state index contributed by atoms with van der Waals surface area (Å²) in [6.45, 7) is 1.93. The molecular formula is C9H14N2O. The van der Waals surface area contributed by atoms with Crippen LogP contribution >= 0.6 is 0 Å². The van der Waals surface area contributed by atoms with Gasteiger partial charge in [-0.1, -0.05) is 12.8 Å². The van der Waals surface area contributed by atoms with E-state index < -0.39 is 0 Å². The third-order valence-electron chi connectivity index (χ3n) is 2.30. The zero-order chi connectivity index (χ0) is 8.39. The van der Waals surface area contributed by atoms with Crippen LogP contribution < -0.4 is 5.32 Å². The molecule has 66 valence electrons. The summed E-state index contributed by atoms with van der Waals surface area (Å²) in [5.41, 5.74) is 0.940. The monoisotopic (exact) mass is 166 g/mol. The number of aryl methyl sites for hydroxylation is 1. The van der Waals surface area contributed by atoms with E-state index >= 15 is 0 Å². The van der Waals surface area contributed by atoms with Gasteiger partial charge in [-0.25, -0.2) is 0 Å². The van der Waals surface area contributed by atoms with Gasteiger partial charge in [-0.3, -0.25) is 0 Å². The first-order chi connectivity index (χ1) is 5.84. The van der Waals surface area contributed by atoms with Crippen molar-refractivity contribution < 1.29 is 4.42 Å². The summed E-state index contributed by atoms with van der Waals surface area (Å²) < 4.78 is 5.20. The van der Waals surface area contributed by atoms with Gasteiger partial charge < -0.3 is 9.73 Å². The Morgan fingerprint density at radius 3 is 2.83 bits per heavy atom. The number of aromatic nitrogens is 1. The van der Waals surface area contributed by atoms with Crippen LogP contribution in [0, 0.1) is 6.92 Å². The van der Waals surface area contributed by atoms with Gasteiger partial charge in [0.25, 0.3) is 6.01 Å². The van der Waals surface area contributed by atoms with Gasteiger partial charge in [0.05, 0.1) is 5.69 Å². The molecule has 1 aromatic rings. The fourth-order valence-corrected chi connectivity index (χ4v) is 1.67. The minimum Gasteiger partial charge on any atom is -0.432 e. The van der Waals surface area contributed by atoms with Crippen molar-refractivity contribution in [2.24, 2.45) is 0 Å². The third-order valence-corrected chi connectivity index (χ3v) is 2.30. The van der Waals surface area contributed by atoms with Crippen LogP contribution in [0.15, 0.2) is 10.7 Å². The van der Waals surface area contributed by atoms with Gasteiger partial charge in [0, 0.05) is 6.04 Å². The minimum atomic E-state index is 0.586. The molecule has 0 amide bonds. The summed E-state index contributed by atoms with van der Waals surface area (Å²) in [5, 5.41) is 3.28. The van der Waals surface area contributed by atoms with Crippen molar-refractivity contribution in [3.05, 3.63) is 12.0 Å². The Labute approximate surface area is 72.2 Å². The van der Waals surface area contributed by atoms with Gasteiger partial charge in [-0.2, -0.15) is 4.98 Å². The number of hydrogen-bond acceptors (Lipinski definition) is 3. The number of rotatable bonds is 2. The van der Waals surface area contributed by atoms with Gasteiger partial charge in [0.1, 0.15) is 6.26 Å². The largest absolute Gasteiger partial charge is 0.432 e. The topological polar surface area (TPSA) is 38.1 Å². The number of oxazole rings is 1. The van der Waals surface area contributed by atoms with Crippen LogP contribution in [0.2, 0.25) is 0 Å². The van der Waals surface area contributed by atoms with Crippen LogP contribution in [0.5, 0.6) is 0 Å². The van der Waals surface area contributed by atoms with Crippen molar-refractivity contribution in [1.82, 2.24) is 4.98 Å². The first-order valence-electron chi connectivity index (χ1n) is 4.53. The first-order valence-corrected chi connectivity index (χ1v) is 4.53. The van der Waals surface area contributed by atoms with Gasteiger partial charge in [0.15, 0.2) is 0 Å². The molecule has 3 nitrogen and oxygen atoms in total. The highest BCUT2D eigenvalue weighted by Crippen LogP contribution is 2.21. The first kappa shape index (κ1) is 7.65. The molecule has 1 aromatic heterocycles. The number of anilines is 1. The fraction of sp³-hybridized carbons (Fsp3) is 0.667. The van der Waals surface area contributed by atoms with E-state index in [0.717, 1.165) is 5.69 Å². The van der Waals surface area contributed by atoms with Crippen molar-refractivity contribution in [3.63, 3.8) is 0 Å². The Hall–Kier alpha value is -0.990. The lowest BCUT2D eigenvalue weighted by Crippen LogP contribution is -2.14. The summed E-state index contributed by atoms with van der Waals surface area (Å²) in [6, 6.07) is 1.27. The summed E-state index contributed by atoms with van der Waals surface area (Å²) in [5.74, 6) is 0. The molecule has 0 bridgehead atoms. The van der Waals surface area contributed by atoms with E-state index in [0.29, 0.717) is 12.1 Å². The molecule has 0 spiro atoms. The third kappa shape index (κ3) is 1.60. The van der Waals surface area contributed by atoms with E-state index in [1.165, 1.54) is 25.7 Å². The second-order valence-electron chi connectivity index (χ2n) is 3.42. The Morgan fingerprint density at radius 1 is 1.50 bits per heavy atom. The predicted molar refractivity (Wildman–Crippen MR) is 47.1 cm³/mol. The Balaban J connectivity index is 1.94. The van der Waals surface area contributed by atoms with Crippen molar-refractivity contribution >= 4 is 6.01 Å². The average Bonchev–Trinajstić information content (AvgIpc) is 2.63. The maximum Gasteiger partial charge on any atom is 0.294 e. The minimum absolute atomic E-state index is 0.586. The summed E-state index contributed by atoms with van der Waals surface area (Å²) in [4.78, 5) is 4.20. The molecule has 1 saturated carbocycles. The summed E-state index contributed by atoms with van der Waals surface area (Å²) >= 11 is 0. The Kier molecular flexibility index (Phi) is 2.02. The van der Waals surface area contributed by atoms with Crippen molar-refractivity contribution in [3.8, 4) is 0 Å². The molecule has 1 aliphatic carbocycles. The lowest BCUT2D eigenvalue weighted by atomic mass is 10.3. The van der Waals surface area contributed by atoms with Crippen LogP contribution in [0.25, 0.3) is 0 Å². The molecule has 0 radical (unpaired) electrons. The SMILES string of the molecule is Cc1coc(NC2CCCC2)n1. The van der Waals surface area contributed by atoms with E-state index in [1.807, 2.05) is 6.92 Å². The van der Waals surface area contributed by atoms with Crippen molar-refractivity contribution in [2.45, 2.75) is 38.6 Å². The van der Waals surface area contributed by atoms with E-state index in [2.05, 4.69) is 10.3 Å². The lowest BCUT2D eigenvalue weighted by molar-refractivity contribution is 0.556. The van der Waals surface area contributed by atoms with Crippen LogP contribution in [-0.2, 0) is 0 Å². The predicted octanol–water partition coefficient (Wildman–Crippen LogP) is 2.34. The maximum atomic E-state index is 5.20. The zero-order valence-corrected chi connectivity index (χ0v) is 7.34. The average molecular weight is 166 g/mol. The van der Waals surface area contributed by atoms with E-state index in [9.17, 15) is 0 Å². The second-order valence-corrected chi connectivity index (χ2v) is 3.42. The van der Waals surface area contributed by atoms with Crippen LogP contribution in [0.1, 0.15) is 31.4 Å². The maximum absolute atomic E-state index is 5.20. The van der Waals surface area contributed by atoms with E-state index in [4.69, 9.17) is 4.42 Å². The molecule has 1 fully saturated rings. The molecule has 0 saturated heterocycles. The fourth-order valence-electron chi connectivity index (χ4n) is 1.67. The molecule has 1 heterocycles. The van der Waals surface area contributed by atoms with Gasteiger partial charge in [0.2, 0.25) is 0 Å².